The van der Waals surface area contributed by atoms with Crippen LogP contribution in [0.25, 0.3) is 0 Å². The van der Waals surface area contributed by atoms with Gasteiger partial charge in [0.1, 0.15) is 17.3 Å². The number of amides is 1. The van der Waals surface area contributed by atoms with Crippen LogP contribution >= 0.6 is 17.0 Å². The van der Waals surface area contributed by atoms with Gasteiger partial charge in [-0.2, -0.15) is 0 Å². The van der Waals surface area contributed by atoms with Crippen LogP contribution in [-0.4, -0.2) is 48.2 Å². The molecular weight excluding hydrogens is 510 g/mol. The maximum Gasteiger partial charge on any atom is 0.254 e. The number of fused-ring (bicyclic) bond motifs is 1. The number of ether oxygens (including phenoxy) is 1. The first-order chi connectivity index (χ1) is 15.7. The molecule has 2 aromatic rings. The van der Waals surface area contributed by atoms with E-state index in [4.69, 9.17) is 10.1 Å². The van der Waals surface area contributed by atoms with E-state index < -0.39 is 0 Å². The van der Waals surface area contributed by atoms with E-state index in [9.17, 15) is 14.7 Å². The number of methoxy groups -OCH3 is 1. The van der Waals surface area contributed by atoms with Crippen LogP contribution in [0.3, 0.4) is 0 Å². The molecule has 0 fully saturated rings. The number of amidine groups is 1. The molecule has 3 N–H and O–H groups in total. The summed E-state index contributed by atoms with van der Waals surface area (Å²) in [6.07, 6.45) is 0. The maximum absolute atomic E-state index is 13.4. The Morgan fingerprint density at radius 3 is 2.06 bits per heavy atom. The molecule has 1 amide bonds. The number of hydrogen-bond donors (Lipinski definition) is 3. The molecule has 190 valence electrons. The van der Waals surface area contributed by atoms with Gasteiger partial charge in [-0.05, 0) is 40.7 Å². The minimum Gasteiger partial charge on any atom is -0.507 e. The molecule has 1 heterocycles. The third-order valence-corrected chi connectivity index (χ3v) is 6.21. The summed E-state index contributed by atoms with van der Waals surface area (Å²) >= 11 is 0. The molecule has 0 bridgehead atoms. The SMILES string of the molecule is Br.CNC(=O)c1cc2c(cc1OC)CN(CC(=O)c1cc(C(C)(C)C)c(O)c(C(C)(C)C)c1)C2=N. The fourth-order valence-corrected chi connectivity index (χ4v) is 4.25. The Morgan fingerprint density at radius 1 is 1.06 bits per heavy atom. The van der Waals surface area contributed by atoms with E-state index in [2.05, 4.69) is 5.32 Å². The molecule has 2 aromatic carbocycles. The van der Waals surface area contributed by atoms with E-state index in [-0.39, 0.29) is 57.6 Å². The Kier molecular flexibility index (Phi) is 8.11. The molecule has 1 aliphatic rings. The van der Waals surface area contributed by atoms with E-state index in [0.29, 0.717) is 29.0 Å². The van der Waals surface area contributed by atoms with Crippen LogP contribution in [0.4, 0.5) is 0 Å². The standard InChI is InChI=1S/C27H35N3O4.BrH/c1-26(2,3)19-9-15(10-20(23(19)32)27(4,5)6)21(31)14-30-13-16-11-22(34-8)18(25(33)29-7)12-17(16)24(30)28;/h9-12,28,32H,13-14H2,1-8H3,(H,29,33);1H. The number of carbonyl (C=O) groups excluding carboxylic acids is 2. The third kappa shape index (κ3) is 5.53. The average molecular weight is 547 g/mol. The van der Waals surface area contributed by atoms with Crippen LogP contribution in [0.15, 0.2) is 24.3 Å². The second-order valence-electron chi connectivity index (χ2n) is 10.8. The summed E-state index contributed by atoms with van der Waals surface area (Å²) in [5.41, 5.74) is 3.08. The van der Waals surface area contributed by atoms with Crippen molar-refractivity contribution < 1.29 is 19.4 Å². The Morgan fingerprint density at radius 2 is 1.60 bits per heavy atom. The van der Waals surface area contributed by atoms with Crippen molar-refractivity contribution in [1.82, 2.24) is 10.2 Å². The molecule has 0 spiro atoms. The molecule has 35 heavy (non-hydrogen) atoms. The van der Waals surface area contributed by atoms with E-state index >= 15 is 0 Å². The van der Waals surface area contributed by atoms with Crippen molar-refractivity contribution in [3.63, 3.8) is 0 Å². The fourth-order valence-electron chi connectivity index (χ4n) is 4.25. The van der Waals surface area contributed by atoms with Gasteiger partial charge in [-0.1, -0.05) is 41.5 Å². The number of aromatic hydroxyl groups is 1. The van der Waals surface area contributed by atoms with Gasteiger partial charge in [-0.15, -0.1) is 17.0 Å². The summed E-state index contributed by atoms with van der Waals surface area (Å²) in [4.78, 5) is 27.3. The molecule has 3 rings (SSSR count). The Bertz CT molecular complexity index is 1140. The highest BCUT2D eigenvalue weighted by atomic mass is 79.9. The largest absolute Gasteiger partial charge is 0.507 e. The van der Waals surface area contributed by atoms with Gasteiger partial charge in [-0.25, -0.2) is 0 Å². The van der Waals surface area contributed by atoms with Crippen LogP contribution in [0, 0.1) is 5.41 Å². The number of ketones is 1. The number of Topliss-reactive ketones (excluding diaryl/α,β-unsaturated/α-hetero) is 1. The number of nitrogens with zero attached hydrogens (tertiary/aromatic N) is 1. The summed E-state index contributed by atoms with van der Waals surface area (Å²) in [6.45, 7) is 12.4. The fraction of sp³-hybridized carbons (Fsp3) is 0.444. The number of hydrogen-bond acceptors (Lipinski definition) is 5. The van der Waals surface area contributed by atoms with Gasteiger partial charge >= 0.3 is 0 Å². The van der Waals surface area contributed by atoms with Crippen molar-refractivity contribution in [2.45, 2.75) is 58.9 Å². The molecule has 0 saturated carbocycles. The first-order valence-electron chi connectivity index (χ1n) is 11.4. The van der Waals surface area contributed by atoms with Crippen molar-refractivity contribution in [2.24, 2.45) is 0 Å². The number of nitrogens with one attached hydrogen (secondary N) is 2. The predicted octanol–water partition coefficient (Wildman–Crippen LogP) is 4.96. The summed E-state index contributed by atoms with van der Waals surface area (Å²) in [7, 11) is 3.04. The molecule has 0 aliphatic carbocycles. The van der Waals surface area contributed by atoms with E-state index in [1.807, 2.05) is 41.5 Å². The minimum atomic E-state index is -0.343. The third-order valence-electron chi connectivity index (χ3n) is 6.21. The number of phenolic OH excluding ortho intramolecular Hbond substituents is 1. The topological polar surface area (TPSA) is 103 Å². The zero-order valence-corrected chi connectivity index (χ0v) is 23.5. The molecule has 0 radical (unpaired) electrons. The first-order valence-corrected chi connectivity index (χ1v) is 11.4. The van der Waals surface area contributed by atoms with Gasteiger partial charge in [0.25, 0.3) is 5.91 Å². The number of carbonyl (C=O) groups is 2. The van der Waals surface area contributed by atoms with Gasteiger partial charge in [0.15, 0.2) is 5.78 Å². The van der Waals surface area contributed by atoms with Crippen molar-refractivity contribution in [3.05, 3.63) is 57.6 Å². The normalized spacial score (nSPS) is 13.3. The van der Waals surface area contributed by atoms with Gasteiger partial charge in [0.05, 0.1) is 19.2 Å². The lowest BCUT2D eigenvalue weighted by Crippen LogP contribution is -2.31. The van der Waals surface area contributed by atoms with Crippen molar-refractivity contribution in [3.8, 4) is 11.5 Å². The lowest BCUT2D eigenvalue weighted by molar-refractivity contribution is 0.0953. The number of halogens is 1. The van der Waals surface area contributed by atoms with Gasteiger partial charge < -0.3 is 20.1 Å². The van der Waals surface area contributed by atoms with Crippen LogP contribution in [-0.2, 0) is 17.4 Å². The van der Waals surface area contributed by atoms with E-state index in [0.717, 1.165) is 16.7 Å². The highest BCUT2D eigenvalue weighted by Crippen LogP contribution is 2.40. The van der Waals surface area contributed by atoms with E-state index in [1.165, 1.54) is 7.11 Å². The molecule has 0 saturated heterocycles. The summed E-state index contributed by atoms with van der Waals surface area (Å²) < 4.78 is 5.38. The smallest absolute Gasteiger partial charge is 0.254 e. The van der Waals surface area contributed by atoms with Gasteiger partial charge in [0.2, 0.25) is 0 Å². The van der Waals surface area contributed by atoms with Crippen LogP contribution in [0.2, 0.25) is 0 Å². The predicted molar refractivity (Wildman–Crippen MR) is 144 cm³/mol. The zero-order chi connectivity index (χ0) is 25.6. The minimum absolute atomic E-state index is 0. The average Bonchev–Trinajstić information content (AvgIpc) is 3.04. The second kappa shape index (κ2) is 10.0. The molecule has 7 nitrogen and oxygen atoms in total. The molecule has 8 heteroatoms. The molecular formula is C27H36BrN3O4. The van der Waals surface area contributed by atoms with Crippen molar-refractivity contribution >= 4 is 34.5 Å². The van der Waals surface area contributed by atoms with E-state index in [1.54, 1.807) is 36.2 Å². The molecule has 0 atom stereocenters. The van der Waals surface area contributed by atoms with Gasteiger partial charge in [-0.3, -0.25) is 15.0 Å². The first kappa shape index (κ1) is 28.4. The lowest BCUT2D eigenvalue weighted by atomic mass is 9.78. The van der Waals surface area contributed by atoms with Gasteiger partial charge in [0, 0.05) is 35.8 Å². The van der Waals surface area contributed by atoms with Crippen molar-refractivity contribution in [1.29, 1.82) is 5.41 Å². The lowest BCUT2D eigenvalue weighted by Gasteiger charge is -2.28. The van der Waals surface area contributed by atoms with Crippen LogP contribution in [0.5, 0.6) is 11.5 Å². The summed E-state index contributed by atoms with van der Waals surface area (Å²) in [5.74, 6) is 0.429. The van der Waals surface area contributed by atoms with Crippen molar-refractivity contribution in [2.75, 3.05) is 20.7 Å². The second-order valence-corrected chi connectivity index (χ2v) is 10.8. The Hall–Kier alpha value is -2.87. The van der Waals surface area contributed by atoms with Crippen LogP contribution in [0.1, 0.15) is 84.5 Å². The monoisotopic (exact) mass is 545 g/mol. The highest BCUT2D eigenvalue weighted by Gasteiger charge is 2.31. The van der Waals surface area contributed by atoms with Crippen LogP contribution < -0.4 is 10.1 Å². The zero-order valence-electron chi connectivity index (χ0n) is 21.8. The highest BCUT2D eigenvalue weighted by molar-refractivity contribution is 8.93. The molecule has 1 aliphatic heterocycles. The molecule has 0 unspecified atom stereocenters. The summed E-state index contributed by atoms with van der Waals surface area (Å²) in [5, 5.41) is 22.2. The maximum atomic E-state index is 13.4. The number of rotatable bonds is 5. The number of phenols is 1. The molecule has 0 aromatic heterocycles. The quantitative estimate of drug-likeness (QED) is 0.461. The Balaban J connectivity index is 0.00000432. The Labute approximate surface area is 218 Å². The number of benzene rings is 2. The summed E-state index contributed by atoms with van der Waals surface area (Å²) in [6, 6.07) is 6.95.